The minimum atomic E-state index is -4.20. The van der Waals surface area contributed by atoms with Crippen molar-refractivity contribution in [2.75, 3.05) is 10.5 Å². The van der Waals surface area contributed by atoms with Crippen LogP contribution in [0.3, 0.4) is 0 Å². The summed E-state index contributed by atoms with van der Waals surface area (Å²) >= 11 is 11.6. The van der Waals surface area contributed by atoms with E-state index in [2.05, 4.69) is 9.71 Å². The van der Waals surface area contributed by atoms with Crippen molar-refractivity contribution in [3.8, 4) is 0 Å². The summed E-state index contributed by atoms with van der Waals surface area (Å²) in [5, 5.41) is -0.0107. The van der Waals surface area contributed by atoms with E-state index in [1.165, 1.54) is 12.1 Å². The Morgan fingerprint density at radius 3 is 2.57 bits per heavy atom. The van der Waals surface area contributed by atoms with Gasteiger partial charge in [0.25, 0.3) is 10.0 Å². The Balaban J connectivity index is 2.50. The second-order valence-electron chi connectivity index (χ2n) is 4.22. The van der Waals surface area contributed by atoms with Crippen LogP contribution in [0.2, 0.25) is 10.3 Å². The first-order valence-electron chi connectivity index (χ1n) is 5.61. The number of hydrogen-bond acceptors (Lipinski definition) is 4. The molecule has 0 aliphatic heterocycles. The fraction of sp³-hybridized carbons (Fsp3) is 0.0833. The number of sulfonamides is 1. The molecule has 0 unspecified atom stereocenters. The zero-order valence-corrected chi connectivity index (χ0v) is 13.0. The van der Waals surface area contributed by atoms with Crippen molar-refractivity contribution < 1.29 is 12.8 Å². The molecule has 5 nitrogen and oxygen atoms in total. The quantitative estimate of drug-likeness (QED) is 0.658. The number of rotatable bonds is 3. The van der Waals surface area contributed by atoms with Crippen molar-refractivity contribution in [3.63, 3.8) is 0 Å². The van der Waals surface area contributed by atoms with Crippen LogP contribution in [0, 0.1) is 12.7 Å². The summed E-state index contributed by atoms with van der Waals surface area (Å²) in [6, 6.07) is 4.68. The average Bonchev–Trinajstić information content (AvgIpc) is 2.36. The molecular weight excluding hydrogens is 340 g/mol. The number of nitrogens with one attached hydrogen (secondary N) is 1. The average molecular weight is 350 g/mol. The Morgan fingerprint density at radius 2 is 1.95 bits per heavy atom. The third-order valence-electron chi connectivity index (χ3n) is 2.62. The van der Waals surface area contributed by atoms with Crippen molar-refractivity contribution in [1.29, 1.82) is 0 Å². The fourth-order valence-electron chi connectivity index (χ4n) is 1.63. The lowest BCUT2D eigenvalue weighted by atomic mass is 10.3. The predicted molar refractivity (Wildman–Crippen MR) is 80.6 cm³/mol. The molecule has 0 saturated heterocycles. The van der Waals surface area contributed by atoms with Crippen LogP contribution in [0.5, 0.6) is 0 Å². The second kappa shape index (κ2) is 5.67. The smallest absolute Gasteiger partial charge is 0.265 e. The predicted octanol–water partition coefficient (Wildman–Crippen LogP) is 3.22. The maximum atomic E-state index is 13.7. The Morgan fingerprint density at radius 1 is 1.29 bits per heavy atom. The first-order chi connectivity index (χ1) is 9.70. The fourth-order valence-corrected chi connectivity index (χ4v) is 3.52. The van der Waals surface area contributed by atoms with Crippen LogP contribution in [0.15, 0.2) is 29.2 Å². The van der Waals surface area contributed by atoms with Gasteiger partial charge in [-0.15, -0.1) is 0 Å². The third kappa shape index (κ3) is 3.37. The second-order valence-corrected chi connectivity index (χ2v) is 6.62. The molecule has 0 saturated carbocycles. The van der Waals surface area contributed by atoms with Gasteiger partial charge in [-0.2, -0.15) is 0 Å². The molecule has 2 aromatic rings. The van der Waals surface area contributed by atoms with Crippen molar-refractivity contribution in [3.05, 3.63) is 46.0 Å². The van der Waals surface area contributed by atoms with E-state index in [9.17, 15) is 12.8 Å². The molecule has 0 spiro atoms. The number of aromatic nitrogens is 1. The first kappa shape index (κ1) is 15.8. The number of anilines is 2. The van der Waals surface area contributed by atoms with Crippen molar-refractivity contribution in [1.82, 2.24) is 4.98 Å². The Bertz CT molecular complexity index is 789. The molecule has 0 radical (unpaired) electrons. The van der Waals surface area contributed by atoms with Gasteiger partial charge in [0.2, 0.25) is 0 Å². The van der Waals surface area contributed by atoms with Gasteiger partial charge in [-0.05, 0) is 36.8 Å². The van der Waals surface area contributed by atoms with E-state index < -0.39 is 20.7 Å². The molecule has 1 aromatic heterocycles. The zero-order chi connectivity index (χ0) is 15.8. The number of pyridine rings is 1. The SMILES string of the molecule is Cc1cc(Cl)nc(Cl)c1NS(=O)(=O)c1cc(N)ccc1F. The lowest BCUT2D eigenvalue weighted by Crippen LogP contribution is -2.16. The summed E-state index contributed by atoms with van der Waals surface area (Å²) in [6.07, 6.45) is 0. The number of aryl methyl sites for hydroxylation is 1. The van der Waals surface area contributed by atoms with E-state index >= 15 is 0 Å². The van der Waals surface area contributed by atoms with Crippen LogP contribution in [0.25, 0.3) is 0 Å². The minimum Gasteiger partial charge on any atom is -0.399 e. The molecular formula is C12H10Cl2FN3O2S. The maximum Gasteiger partial charge on any atom is 0.265 e. The van der Waals surface area contributed by atoms with E-state index in [-0.39, 0.29) is 21.7 Å². The molecule has 1 aromatic carbocycles. The zero-order valence-electron chi connectivity index (χ0n) is 10.7. The summed E-state index contributed by atoms with van der Waals surface area (Å²) in [5.41, 5.74) is 6.08. The molecule has 0 bridgehead atoms. The molecule has 0 amide bonds. The summed E-state index contributed by atoms with van der Waals surface area (Å²) in [7, 11) is -4.20. The third-order valence-corrected chi connectivity index (χ3v) is 4.45. The summed E-state index contributed by atoms with van der Waals surface area (Å²) < 4.78 is 40.4. The van der Waals surface area contributed by atoms with E-state index in [0.29, 0.717) is 5.56 Å². The van der Waals surface area contributed by atoms with Crippen LogP contribution in [0.4, 0.5) is 15.8 Å². The van der Waals surface area contributed by atoms with Crippen LogP contribution < -0.4 is 10.5 Å². The van der Waals surface area contributed by atoms with Gasteiger partial charge >= 0.3 is 0 Å². The molecule has 0 atom stereocenters. The standard InChI is InChI=1S/C12H10Cl2FN3O2S/c1-6-4-10(13)17-12(14)11(6)18-21(19,20)9-5-7(16)2-3-8(9)15/h2-5,18H,16H2,1H3. The van der Waals surface area contributed by atoms with Gasteiger partial charge in [0, 0.05) is 5.69 Å². The summed E-state index contributed by atoms with van der Waals surface area (Å²) in [6.45, 7) is 1.59. The number of nitrogens with two attached hydrogens (primary N) is 1. The molecule has 9 heteroatoms. The number of hydrogen-bond donors (Lipinski definition) is 2. The van der Waals surface area contributed by atoms with E-state index in [0.717, 1.165) is 12.1 Å². The van der Waals surface area contributed by atoms with Gasteiger partial charge in [-0.1, -0.05) is 23.2 Å². The number of benzene rings is 1. The summed E-state index contributed by atoms with van der Waals surface area (Å²) in [5.74, 6) is -0.924. The highest BCUT2D eigenvalue weighted by Crippen LogP contribution is 2.29. The van der Waals surface area contributed by atoms with E-state index in [1.54, 1.807) is 6.92 Å². The number of nitrogen functional groups attached to an aromatic ring is 1. The maximum absolute atomic E-state index is 13.7. The van der Waals surface area contributed by atoms with Crippen molar-refractivity contribution in [2.45, 2.75) is 11.8 Å². The monoisotopic (exact) mass is 349 g/mol. The van der Waals surface area contributed by atoms with Crippen LogP contribution >= 0.6 is 23.2 Å². The molecule has 0 aliphatic rings. The number of halogens is 3. The Kier molecular flexibility index (Phi) is 4.27. The molecule has 0 aliphatic carbocycles. The highest BCUT2D eigenvalue weighted by atomic mass is 35.5. The normalized spacial score (nSPS) is 11.4. The van der Waals surface area contributed by atoms with Crippen LogP contribution in [0.1, 0.15) is 5.56 Å². The topological polar surface area (TPSA) is 85.1 Å². The molecule has 0 fully saturated rings. The van der Waals surface area contributed by atoms with Crippen molar-refractivity contribution >= 4 is 44.6 Å². The van der Waals surface area contributed by atoms with Crippen LogP contribution in [-0.4, -0.2) is 13.4 Å². The van der Waals surface area contributed by atoms with Crippen molar-refractivity contribution in [2.24, 2.45) is 0 Å². The molecule has 1 heterocycles. The Labute approximate surface area is 130 Å². The molecule has 21 heavy (non-hydrogen) atoms. The summed E-state index contributed by atoms with van der Waals surface area (Å²) in [4.78, 5) is 3.16. The lowest BCUT2D eigenvalue weighted by molar-refractivity contribution is 0.570. The largest absolute Gasteiger partial charge is 0.399 e. The van der Waals surface area contributed by atoms with E-state index in [4.69, 9.17) is 28.9 Å². The van der Waals surface area contributed by atoms with Gasteiger partial charge in [0.15, 0.2) is 5.15 Å². The van der Waals surface area contributed by atoms with Gasteiger partial charge < -0.3 is 5.73 Å². The first-order valence-corrected chi connectivity index (χ1v) is 7.85. The highest BCUT2D eigenvalue weighted by Gasteiger charge is 2.22. The Hall–Kier alpha value is -1.57. The molecule has 3 N–H and O–H groups in total. The molecule has 112 valence electrons. The van der Waals surface area contributed by atoms with Gasteiger partial charge in [0.1, 0.15) is 15.9 Å². The molecule has 2 rings (SSSR count). The van der Waals surface area contributed by atoms with Gasteiger partial charge in [-0.3, -0.25) is 4.72 Å². The van der Waals surface area contributed by atoms with Gasteiger partial charge in [0.05, 0.1) is 5.69 Å². The highest BCUT2D eigenvalue weighted by molar-refractivity contribution is 7.92. The lowest BCUT2D eigenvalue weighted by Gasteiger charge is -2.12. The minimum absolute atomic E-state index is 0.0305. The number of nitrogens with zero attached hydrogens (tertiary/aromatic N) is 1. The van der Waals surface area contributed by atoms with E-state index in [1.807, 2.05) is 0 Å². The van der Waals surface area contributed by atoms with Crippen LogP contribution in [-0.2, 0) is 10.0 Å². The van der Waals surface area contributed by atoms with Gasteiger partial charge in [-0.25, -0.2) is 17.8 Å².